The molecule has 7 heteroatoms. The van der Waals surface area contributed by atoms with Gasteiger partial charge in [-0.3, -0.25) is 4.72 Å². The van der Waals surface area contributed by atoms with Crippen LogP contribution in [0.2, 0.25) is 0 Å². The van der Waals surface area contributed by atoms with Gasteiger partial charge in [-0.2, -0.15) is 0 Å². The van der Waals surface area contributed by atoms with Crippen LogP contribution in [0, 0.1) is 0 Å². The maximum absolute atomic E-state index is 12.2. The Balaban J connectivity index is 2.16. The number of hydrogen-bond acceptors (Lipinski definition) is 5. The van der Waals surface area contributed by atoms with Crippen molar-refractivity contribution in [1.29, 1.82) is 0 Å². The van der Waals surface area contributed by atoms with Crippen LogP contribution in [-0.2, 0) is 10.0 Å². The quantitative estimate of drug-likeness (QED) is 0.856. The van der Waals surface area contributed by atoms with Crippen molar-refractivity contribution >= 4 is 21.5 Å². The molecule has 0 aliphatic rings. The summed E-state index contributed by atoms with van der Waals surface area (Å²) in [4.78, 5) is 4.16. The largest absolute Gasteiger partial charge is 0.497 e. The lowest BCUT2D eigenvalue weighted by Gasteiger charge is -2.09. The van der Waals surface area contributed by atoms with Gasteiger partial charge in [0.05, 0.1) is 7.11 Å². The highest BCUT2D eigenvalue weighted by Crippen LogP contribution is 2.19. The molecule has 1 heterocycles. The number of rotatable bonds is 6. The molecule has 2 aromatic rings. The Kier molecular flexibility index (Phi) is 4.64. The third-order valence-corrected chi connectivity index (χ3v) is 4.11. The molecule has 21 heavy (non-hydrogen) atoms. The molecular weight excluding hydrogens is 290 g/mol. The van der Waals surface area contributed by atoms with Crippen LogP contribution in [0.1, 0.15) is 6.92 Å². The number of methoxy groups -OCH3 is 1. The summed E-state index contributed by atoms with van der Waals surface area (Å²) in [5, 5.41) is 3.01. The number of nitrogens with zero attached hydrogens (tertiary/aromatic N) is 1. The highest BCUT2D eigenvalue weighted by Gasteiger charge is 2.14. The third kappa shape index (κ3) is 3.85. The number of hydrogen-bond donors (Lipinski definition) is 2. The molecule has 0 radical (unpaired) electrons. The number of ether oxygens (including phenoxy) is 1. The van der Waals surface area contributed by atoms with Crippen molar-refractivity contribution in [3.63, 3.8) is 0 Å². The van der Waals surface area contributed by atoms with Crippen LogP contribution in [0.5, 0.6) is 5.75 Å². The summed E-state index contributed by atoms with van der Waals surface area (Å²) in [5.41, 5.74) is 0.464. The molecule has 0 aliphatic carbocycles. The number of nitrogens with one attached hydrogen (secondary N) is 2. The second-order valence-corrected chi connectivity index (χ2v) is 5.93. The number of benzene rings is 1. The summed E-state index contributed by atoms with van der Waals surface area (Å²) in [6, 6.07) is 9.78. The first-order valence-corrected chi connectivity index (χ1v) is 7.90. The molecule has 0 saturated carbocycles. The van der Waals surface area contributed by atoms with Gasteiger partial charge in [0.25, 0.3) is 10.0 Å². The molecule has 1 aromatic carbocycles. The predicted octanol–water partition coefficient (Wildman–Crippen LogP) is 2.32. The lowest BCUT2D eigenvalue weighted by Crippen LogP contribution is -2.13. The van der Waals surface area contributed by atoms with E-state index >= 15 is 0 Å². The molecule has 1 aromatic heterocycles. The fraction of sp³-hybridized carbons (Fsp3) is 0.214. The van der Waals surface area contributed by atoms with Gasteiger partial charge in [-0.1, -0.05) is 0 Å². The summed E-state index contributed by atoms with van der Waals surface area (Å²) < 4.78 is 32.0. The van der Waals surface area contributed by atoms with E-state index in [2.05, 4.69) is 15.0 Å². The molecule has 2 N–H and O–H groups in total. The van der Waals surface area contributed by atoms with E-state index in [-0.39, 0.29) is 4.90 Å². The molecule has 0 fully saturated rings. The van der Waals surface area contributed by atoms with Crippen molar-refractivity contribution in [2.24, 2.45) is 0 Å². The average molecular weight is 307 g/mol. The fourth-order valence-corrected chi connectivity index (χ4v) is 2.70. The molecule has 0 aliphatic heterocycles. The average Bonchev–Trinajstić information content (AvgIpc) is 2.48. The van der Waals surface area contributed by atoms with E-state index in [0.29, 0.717) is 17.3 Å². The smallest absolute Gasteiger partial charge is 0.263 e. The Morgan fingerprint density at radius 2 is 1.86 bits per heavy atom. The van der Waals surface area contributed by atoms with Crippen molar-refractivity contribution in [3.05, 3.63) is 42.6 Å². The molecule has 0 unspecified atom stereocenters. The van der Waals surface area contributed by atoms with E-state index in [1.807, 2.05) is 6.92 Å². The van der Waals surface area contributed by atoms with Gasteiger partial charge >= 0.3 is 0 Å². The van der Waals surface area contributed by atoms with Gasteiger partial charge in [0, 0.05) is 18.4 Å². The summed E-state index contributed by atoms with van der Waals surface area (Å²) >= 11 is 0. The monoisotopic (exact) mass is 307 g/mol. The van der Waals surface area contributed by atoms with Gasteiger partial charge in [-0.05, 0) is 43.3 Å². The van der Waals surface area contributed by atoms with Crippen LogP contribution in [0.4, 0.5) is 11.5 Å². The highest BCUT2D eigenvalue weighted by molar-refractivity contribution is 7.92. The minimum Gasteiger partial charge on any atom is -0.497 e. The van der Waals surface area contributed by atoms with Crippen molar-refractivity contribution in [3.8, 4) is 5.75 Å². The van der Waals surface area contributed by atoms with Crippen molar-refractivity contribution in [1.82, 2.24) is 4.98 Å². The van der Waals surface area contributed by atoms with Gasteiger partial charge in [-0.15, -0.1) is 0 Å². The van der Waals surface area contributed by atoms with E-state index < -0.39 is 10.0 Å². The number of pyridine rings is 1. The lowest BCUT2D eigenvalue weighted by atomic mass is 10.3. The Morgan fingerprint density at radius 1 is 1.14 bits per heavy atom. The van der Waals surface area contributed by atoms with E-state index in [9.17, 15) is 8.42 Å². The molecule has 0 spiro atoms. The SMILES string of the molecule is CCNc1ccc(S(=O)(=O)Nc2ccc(OC)cc2)cn1. The highest BCUT2D eigenvalue weighted by atomic mass is 32.2. The Bertz CT molecular complexity index is 682. The van der Waals surface area contributed by atoms with E-state index in [0.717, 1.165) is 6.54 Å². The standard InChI is InChI=1S/C14H17N3O3S/c1-3-15-14-9-8-13(10-16-14)21(18,19)17-11-4-6-12(20-2)7-5-11/h4-10,17H,3H2,1-2H3,(H,15,16). The molecule has 0 saturated heterocycles. The molecular formula is C14H17N3O3S. The first-order chi connectivity index (χ1) is 10.0. The molecule has 112 valence electrons. The molecule has 2 rings (SSSR count). The lowest BCUT2D eigenvalue weighted by molar-refractivity contribution is 0.415. The number of aromatic nitrogens is 1. The Labute approximate surface area is 124 Å². The van der Waals surface area contributed by atoms with Crippen molar-refractivity contribution in [2.45, 2.75) is 11.8 Å². The topological polar surface area (TPSA) is 80.3 Å². The van der Waals surface area contributed by atoms with Crippen LogP contribution in [-0.4, -0.2) is 27.1 Å². The fourth-order valence-electron chi connectivity index (χ4n) is 1.70. The summed E-state index contributed by atoms with van der Waals surface area (Å²) in [6.07, 6.45) is 1.32. The number of anilines is 2. The summed E-state index contributed by atoms with van der Waals surface area (Å²) in [7, 11) is -2.09. The normalized spacial score (nSPS) is 11.0. The molecule has 0 bridgehead atoms. The van der Waals surface area contributed by atoms with Gasteiger partial charge in [0.1, 0.15) is 16.5 Å². The minimum absolute atomic E-state index is 0.111. The second-order valence-electron chi connectivity index (χ2n) is 4.24. The Hall–Kier alpha value is -2.28. The number of sulfonamides is 1. The summed E-state index contributed by atoms with van der Waals surface area (Å²) in [5.74, 6) is 1.30. The van der Waals surface area contributed by atoms with Crippen LogP contribution >= 0.6 is 0 Å². The van der Waals surface area contributed by atoms with Gasteiger partial charge in [0.2, 0.25) is 0 Å². The first-order valence-electron chi connectivity index (χ1n) is 6.42. The van der Waals surface area contributed by atoms with Gasteiger partial charge in [0.15, 0.2) is 0 Å². The zero-order valence-corrected chi connectivity index (χ0v) is 12.6. The zero-order valence-electron chi connectivity index (χ0n) is 11.8. The van der Waals surface area contributed by atoms with Gasteiger partial charge < -0.3 is 10.1 Å². The first kappa shape index (κ1) is 15.1. The summed E-state index contributed by atoms with van der Waals surface area (Å²) in [6.45, 7) is 2.67. The van der Waals surface area contributed by atoms with Crippen molar-refractivity contribution in [2.75, 3.05) is 23.7 Å². The molecule has 6 nitrogen and oxygen atoms in total. The molecule has 0 amide bonds. The van der Waals surface area contributed by atoms with Gasteiger partial charge in [-0.25, -0.2) is 13.4 Å². The van der Waals surface area contributed by atoms with Crippen molar-refractivity contribution < 1.29 is 13.2 Å². The third-order valence-electron chi connectivity index (χ3n) is 2.75. The van der Waals surface area contributed by atoms with Crippen LogP contribution in [0.15, 0.2) is 47.5 Å². The molecule has 0 atom stereocenters. The predicted molar refractivity (Wildman–Crippen MR) is 82.2 cm³/mol. The minimum atomic E-state index is -3.65. The zero-order chi connectivity index (χ0) is 15.3. The van der Waals surface area contributed by atoms with E-state index in [4.69, 9.17) is 4.74 Å². The second kappa shape index (κ2) is 6.45. The van der Waals surface area contributed by atoms with E-state index in [1.54, 1.807) is 37.4 Å². The van der Waals surface area contributed by atoms with Crippen LogP contribution < -0.4 is 14.8 Å². The van der Waals surface area contributed by atoms with E-state index in [1.165, 1.54) is 12.3 Å². The van der Waals surface area contributed by atoms with Crippen LogP contribution in [0.3, 0.4) is 0 Å². The maximum Gasteiger partial charge on any atom is 0.263 e. The van der Waals surface area contributed by atoms with Crippen LogP contribution in [0.25, 0.3) is 0 Å². The maximum atomic E-state index is 12.2. The Morgan fingerprint density at radius 3 is 2.38 bits per heavy atom.